The molecule has 0 aromatic heterocycles. The summed E-state index contributed by atoms with van der Waals surface area (Å²) in [6.07, 6.45) is 0. The van der Waals surface area contributed by atoms with Gasteiger partial charge in [0.15, 0.2) is 0 Å². The molecule has 0 saturated heterocycles. The average molecular weight is 322 g/mol. The lowest BCUT2D eigenvalue weighted by molar-refractivity contribution is 0.0696. The zero-order chi connectivity index (χ0) is 13.4. The molecule has 0 aliphatic rings. The summed E-state index contributed by atoms with van der Waals surface area (Å²) in [5.41, 5.74) is 0.511. The number of hydrogen-bond donors (Lipinski definition) is 1. The van der Waals surface area contributed by atoms with Crippen LogP contribution in [0.1, 0.15) is 15.9 Å². The first-order chi connectivity index (χ1) is 7.67. The second-order valence-electron chi connectivity index (χ2n) is 3.70. The SMILES string of the molecule is Cc1cc(C(=O)O)cc(S(=O)(=O)N(C)C)c1Br. The van der Waals surface area contributed by atoms with Crippen LogP contribution < -0.4 is 0 Å². The number of benzene rings is 1. The molecule has 0 aliphatic heterocycles. The molecule has 0 unspecified atom stereocenters. The smallest absolute Gasteiger partial charge is 0.335 e. The number of nitrogens with zero attached hydrogens (tertiary/aromatic N) is 1. The zero-order valence-corrected chi connectivity index (χ0v) is 12.0. The summed E-state index contributed by atoms with van der Waals surface area (Å²) in [7, 11) is -0.876. The van der Waals surface area contributed by atoms with Gasteiger partial charge in [-0.05, 0) is 40.5 Å². The van der Waals surface area contributed by atoms with Crippen molar-refractivity contribution in [2.24, 2.45) is 0 Å². The third-order valence-electron chi connectivity index (χ3n) is 2.23. The number of carbonyl (C=O) groups is 1. The van der Waals surface area contributed by atoms with E-state index in [1.165, 1.54) is 20.2 Å². The zero-order valence-electron chi connectivity index (χ0n) is 9.56. The van der Waals surface area contributed by atoms with Crippen molar-refractivity contribution < 1.29 is 18.3 Å². The summed E-state index contributed by atoms with van der Waals surface area (Å²) < 4.78 is 25.4. The number of sulfonamides is 1. The standard InChI is InChI=1S/C10H12BrNO4S/c1-6-4-7(10(13)14)5-8(9(6)11)17(15,16)12(2)3/h4-5H,1-3H3,(H,13,14). The molecule has 0 atom stereocenters. The van der Waals surface area contributed by atoms with E-state index in [-0.39, 0.29) is 10.5 Å². The van der Waals surface area contributed by atoms with Crippen molar-refractivity contribution >= 4 is 31.9 Å². The van der Waals surface area contributed by atoms with E-state index in [0.717, 1.165) is 10.4 Å². The minimum atomic E-state index is -3.66. The number of hydrogen-bond acceptors (Lipinski definition) is 3. The maximum Gasteiger partial charge on any atom is 0.335 e. The van der Waals surface area contributed by atoms with Gasteiger partial charge in [-0.1, -0.05) is 0 Å². The molecule has 1 aromatic rings. The van der Waals surface area contributed by atoms with Crippen LogP contribution in [0.4, 0.5) is 0 Å². The molecule has 0 bridgehead atoms. The molecule has 5 nitrogen and oxygen atoms in total. The highest BCUT2D eigenvalue weighted by Gasteiger charge is 2.23. The van der Waals surface area contributed by atoms with Crippen molar-refractivity contribution in [2.45, 2.75) is 11.8 Å². The average Bonchev–Trinajstić information content (AvgIpc) is 2.20. The van der Waals surface area contributed by atoms with Crippen LogP contribution in [0.25, 0.3) is 0 Å². The number of rotatable bonds is 3. The molecule has 0 radical (unpaired) electrons. The minimum absolute atomic E-state index is 0.0418. The Balaban J connectivity index is 3.60. The van der Waals surface area contributed by atoms with Gasteiger partial charge in [0.1, 0.15) is 0 Å². The van der Waals surface area contributed by atoms with Crippen molar-refractivity contribution in [1.82, 2.24) is 4.31 Å². The van der Waals surface area contributed by atoms with Crippen LogP contribution in [0.15, 0.2) is 21.5 Å². The summed E-state index contributed by atoms with van der Waals surface area (Å²) in [5, 5.41) is 8.91. The van der Waals surface area contributed by atoms with E-state index in [9.17, 15) is 13.2 Å². The van der Waals surface area contributed by atoms with E-state index in [1.54, 1.807) is 6.92 Å². The van der Waals surface area contributed by atoms with Gasteiger partial charge in [0.2, 0.25) is 10.0 Å². The summed E-state index contributed by atoms with van der Waals surface area (Å²) in [4.78, 5) is 10.8. The molecular formula is C10H12BrNO4S. The van der Waals surface area contributed by atoms with Crippen LogP contribution in [0.2, 0.25) is 0 Å². The highest BCUT2D eigenvalue weighted by molar-refractivity contribution is 9.10. The summed E-state index contributed by atoms with van der Waals surface area (Å²) in [6.45, 7) is 1.64. The fourth-order valence-electron chi connectivity index (χ4n) is 1.25. The van der Waals surface area contributed by atoms with Gasteiger partial charge < -0.3 is 5.11 Å². The molecule has 1 N–H and O–H groups in total. The molecule has 0 heterocycles. The highest BCUT2D eigenvalue weighted by Crippen LogP contribution is 2.28. The van der Waals surface area contributed by atoms with Crippen LogP contribution in [0, 0.1) is 6.92 Å². The lowest BCUT2D eigenvalue weighted by Crippen LogP contribution is -2.23. The van der Waals surface area contributed by atoms with Gasteiger partial charge >= 0.3 is 5.97 Å². The molecule has 0 amide bonds. The Morgan fingerprint density at radius 1 is 1.35 bits per heavy atom. The van der Waals surface area contributed by atoms with Crippen LogP contribution in [-0.2, 0) is 10.0 Å². The van der Waals surface area contributed by atoms with E-state index in [2.05, 4.69) is 15.9 Å². The molecule has 0 saturated carbocycles. The van der Waals surface area contributed by atoms with E-state index in [0.29, 0.717) is 10.0 Å². The summed E-state index contributed by atoms with van der Waals surface area (Å²) in [5.74, 6) is -1.16. The topological polar surface area (TPSA) is 74.7 Å². The van der Waals surface area contributed by atoms with Gasteiger partial charge in [-0.15, -0.1) is 0 Å². The first-order valence-electron chi connectivity index (χ1n) is 4.64. The van der Waals surface area contributed by atoms with Gasteiger partial charge in [0, 0.05) is 18.6 Å². The Morgan fingerprint density at radius 2 is 1.88 bits per heavy atom. The number of carboxylic acids is 1. The lowest BCUT2D eigenvalue weighted by atomic mass is 10.1. The molecule has 1 rings (SSSR count). The monoisotopic (exact) mass is 321 g/mol. The van der Waals surface area contributed by atoms with Crippen LogP contribution in [0.5, 0.6) is 0 Å². The first kappa shape index (κ1) is 14.1. The number of carboxylic acid groups (broad SMARTS) is 1. The molecule has 94 valence electrons. The van der Waals surface area contributed by atoms with Crippen LogP contribution >= 0.6 is 15.9 Å². The maximum atomic E-state index is 12.0. The number of halogens is 1. The quantitative estimate of drug-likeness (QED) is 0.919. The van der Waals surface area contributed by atoms with Crippen LogP contribution in [0.3, 0.4) is 0 Å². The highest BCUT2D eigenvalue weighted by atomic mass is 79.9. The number of aromatic carboxylic acids is 1. The third kappa shape index (κ3) is 2.67. The minimum Gasteiger partial charge on any atom is -0.478 e. The fourth-order valence-corrected chi connectivity index (χ4v) is 3.14. The van der Waals surface area contributed by atoms with Gasteiger partial charge in [-0.25, -0.2) is 17.5 Å². The Morgan fingerprint density at radius 3 is 2.29 bits per heavy atom. The van der Waals surface area contributed by atoms with Crippen molar-refractivity contribution in [2.75, 3.05) is 14.1 Å². The van der Waals surface area contributed by atoms with Crippen molar-refractivity contribution in [3.05, 3.63) is 27.7 Å². The van der Waals surface area contributed by atoms with Gasteiger partial charge in [-0.3, -0.25) is 0 Å². The second kappa shape index (κ2) is 4.75. The molecule has 0 spiro atoms. The third-order valence-corrected chi connectivity index (χ3v) is 5.38. The second-order valence-corrected chi connectivity index (χ2v) is 6.61. The Bertz CT molecular complexity index is 566. The lowest BCUT2D eigenvalue weighted by Gasteiger charge is -2.14. The van der Waals surface area contributed by atoms with E-state index >= 15 is 0 Å². The van der Waals surface area contributed by atoms with Gasteiger partial charge in [0.05, 0.1) is 10.5 Å². The van der Waals surface area contributed by atoms with Crippen molar-refractivity contribution in [3.8, 4) is 0 Å². The Hall–Kier alpha value is -0.920. The van der Waals surface area contributed by atoms with Gasteiger partial charge in [0.25, 0.3) is 0 Å². The van der Waals surface area contributed by atoms with E-state index in [1.807, 2.05) is 0 Å². The molecule has 17 heavy (non-hydrogen) atoms. The fraction of sp³-hybridized carbons (Fsp3) is 0.300. The summed E-state index contributed by atoms with van der Waals surface area (Å²) >= 11 is 3.17. The Labute approximate surface area is 108 Å². The summed E-state index contributed by atoms with van der Waals surface area (Å²) in [6, 6.07) is 2.57. The predicted molar refractivity (Wildman–Crippen MR) is 66.7 cm³/mol. The number of aryl methyl sites for hydroxylation is 1. The van der Waals surface area contributed by atoms with E-state index in [4.69, 9.17) is 5.11 Å². The largest absolute Gasteiger partial charge is 0.478 e. The first-order valence-corrected chi connectivity index (χ1v) is 6.87. The molecule has 7 heteroatoms. The van der Waals surface area contributed by atoms with Crippen LogP contribution in [-0.4, -0.2) is 37.9 Å². The molecule has 0 fully saturated rings. The predicted octanol–water partition coefficient (Wildman–Crippen LogP) is 1.71. The molecular weight excluding hydrogens is 310 g/mol. The maximum absolute atomic E-state index is 12.0. The molecule has 0 aliphatic carbocycles. The van der Waals surface area contributed by atoms with Crippen molar-refractivity contribution in [3.63, 3.8) is 0 Å². The van der Waals surface area contributed by atoms with Gasteiger partial charge in [-0.2, -0.15) is 0 Å². The Kier molecular flexibility index (Phi) is 3.95. The normalized spacial score (nSPS) is 11.8. The van der Waals surface area contributed by atoms with E-state index < -0.39 is 16.0 Å². The molecule has 1 aromatic carbocycles. The van der Waals surface area contributed by atoms with Crippen molar-refractivity contribution in [1.29, 1.82) is 0 Å².